The monoisotopic (exact) mass is 305 g/mol. The first-order valence-corrected chi connectivity index (χ1v) is 8.48. The van der Waals surface area contributed by atoms with E-state index in [4.69, 9.17) is 4.74 Å². The summed E-state index contributed by atoms with van der Waals surface area (Å²) >= 11 is 0. The lowest BCUT2D eigenvalue weighted by atomic mass is 9.54. The second kappa shape index (κ2) is 5.59. The Hall–Kier alpha value is -0.970. The molecule has 3 nitrogen and oxygen atoms in total. The highest BCUT2D eigenvalue weighted by atomic mass is 19.1. The second-order valence-electron chi connectivity index (χ2n) is 7.13. The summed E-state index contributed by atoms with van der Waals surface area (Å²) in [5, 5.41) is 12.9. The summed E-state index contributed by atoms with van der Waals surface area (Å²) in [7, 11) is 0. The number of fused-ring (bicyclic) bond motifs is 2. The van der Waals surface area contributed by atoms with Gasteiger partial charge in [0.1, 0.15) is 5.82 Å². The van der Waals surface area contributed by atoms with Crippen molar-refractivity contribution in [3.05, 3.63) is 35.1 Å². The third kappa shape index (κ3) is 2.12. The van der Waals surface area contributed by atoms with E-state index < -0.39 is 0 Å². The normalized spacial score (nSPS) is 32.2. The number of hydrogen-bond donors (Lipinski definition) is 2. The van der Waals surface area contributed by atoms with E-state index in [0.717, 1.165) is 25.1 Å². The Bertz CT molecular complexity index is 556. The Kier molecular flexibility index (Phi) is 3.71. The number of nitrogens with one attached hydrogen (secondary N) is 1. The Morgan fingerprint density at radius 1 is 1.32 bits per heavy atom. The fourth-order valence-electron chi connectivity index (χ4n) is 5.10. The largest absolute Gasteiger partial charge is 0.392 e. The highest BCUT2D eigenvalue weighted by molar-refractivity contribution is 5.25. The van der Waals surface area contributed by atoms with Crippen molar-refractivity contribution in [2.45, 2.75) is 57.4 Å². The molecule has 22 heavy (non-hydrogen) atoms. The molecule has 3 unspecified atom stereocenters. The third-order valence-corrected chi connectivity index (χ3v) is 6.09. The van der Waals surface area contributed by atoms with E-state index in [0.29, 0.717) is 29.0 Å². The molecule has 0 aromatic heterocycles. The molecule has 0 bridgehead atoms. The van der Waals surface area contributed by atoms with E-state index in [2.05, 4.69) is 5.32 Å². The minimum absolute atomic E-state index is 0.244. The van der Waals surface area contributed by atoms with Crippen LogP contribution >= 0.6 is 0 Å². The molecule has 4 heteroatoms. The van der Waals surface area contributed by atoms with Gasteiger partial charge in [0.2, 0.25) is 0 Å². The van der Waals surface area contributed by atoms with Crippen molar-refractivity contribution in [3.8, 4) is 0 Å². The average Bonchev–Trinajstić information content (AvgIpc) is 3.17. The van der Waals surface area contributed by atoms with Crippen molar-refractivity contribution < 1.29 is 14.2 Å². The molecule has 3 atom stereocenters. The molecule has 4 rings (SSSR count). The fourth-order valence-corrected chi connectivity index (χ4v) is 5.10. The number of halogens is 1. The minimum Gasteiger partial charge on any atom is -0.392 e. The standard InChI is InChI=1S/C18H24FNO2/c19-15-4-3-12(9-13(15)11-21)10-20-16-14-5-8-22-17(14)18(16)6-1-2-7-18/h3-4,9,14,16-17,20-21H,1-2,5-8,10-11H2. The highest BCUT2D eigenvalue weighted by Crippen LogP contribution is 2.60. The van der Waals surface area contributed by atoms with E-state index >= 15 is 0 Å². The lowest BCUT2D eigenvalue weighted by Gasteiger charge is -2.57. The smallest absolute Gasteiger partial charge is 0.128 e. The van der Waals surface area contributed by atoms with Crippen LogP contribution < -0.4 is 5.32 Å². The number of aliphatic hydroxyl groups is 1. The summed E-state index contributed by atoms with van der Waals surface area (Å²) in [6.07, 6.45) is 6.81. The van der Waals surface area contributed by atoms with Gasteiger partial charge < -0.3 is 15.2 Å². The van der Waals surface area contributed by atoms with Gasteiger partial charge in [0.05, 0.1) is 12.7 Å². The Morgan fingerprint density at radius 3 is 2.91 bits per heavy atom. The molecule has 1 aromatic carbocycles. The lowest BCUT2D eigenvalue weighted by molar-refractivity contribution is -0.130. The Labute approximate surface area is 130 Å². The fraction of sp³-hybridized carbons (Fsp3) is 0.667. The molecule has 2 N–H and O–H groups in total. The molecule has 3 fully saturated rings. The van der Waals surface area contributed by atoms with Crippen LogP contribution in [0.15, 0.2) is 18.2 Å². The van der Waals surface area contributed by atoms with Crippen LogP contribution in [0.3, 0.4) is 0 Å². The van der Waals surface area contributed by atoms with Crippen molar-refractivity contribution >= 4 is 0 Å². The van der Waals surface area contributed by atoms with Gasteiger partial charge in [0.15, 0.2) is 0 Å². The van der Waals surface area contributed by atoms with Gasteiger partial charge in [-0.25, -0.2) is 4.39 Å². The van der Waals surface area contributed by atoms with Gasteiger partial charge in [-0.05, 0) is 37.0 Å². The quantitative estimate of drug-likeness (QED) is 0.899. The van der Waals surface area contributed by atoms with E-state index in [9.17, 15) is 9.50 Å². The molecule has 1 aromatic rings. The number of ether oxygens (including phenoxy) is 1. The predicted octanol–water partition coefficient (Wildman–Crippen LogP) is 2.76. The number of hydrogen-bond acceptors (Lipinski definition) is 3. The SMILES string of the molecule is OCc1cc(CNC2C3CCOC3C23CCCC3)ccc1F. The molecule has 1 heterocycles. The zero-order valence-electron chi connectivity index (χ0n) is 12.9. The Morgan fingerprint density at radius 2 is 2.14 bits per heavy atom. The first kappa shape index (κ1) is 14.6. The van der Waals surface area contributed by atoms with Gasteiger partial charge in [-0.1, -0.05) is 18.9 Å². The molecular weight excluding hydrogens is 281 g/mol. The average molecular weight is 305 g/mol. The van der Waals surface area contributed by atoms with Crippen molar-refractivity contribution in [2.24, 2.45) is 11.3 Å². The van der Waals surface area contributed by atoms with Crippen molar-refractivity contribution in [1.29, 1.82) is 0 Å². The Balaban J connectivity index is 1.47. The molecule has 3 aliphatic rings. The van der Waals surface area contributed by atoms with Crippen LogP contribution in [-0.4, -0.2) is 23.9 Å². The minimum atomic E-state index is -0.327. The number of aliphatic hydroxyl groups excluding tert-OH is 1. The summed E-state index contributed by atoms with van der Waals surface area (Å²) in [6.45, 7) is 1.40. The maximum Gasteiger partial charge on any atom is 0.128 e. The molecule has 0 radical (unpaired) electrons. The first-order chi connectivity index (χ1) is 10.7. The van der Waals surface area contributed by atoms with Crippen LogP contribution in [0.4, 0.5) is 4.39 Å². The molecule has 0 amide bonds. The third-order valence-electron chi connectivity index (χ3n) is 6.09. The maximum atomic E-state index is 13.5. The van der Waals surface area contributed by atoms with Crippen molar-refractivity contribution in [2.75, 3.05) is 6.61 Å². The summed E-state index contributed by atoms with van der Waals surface area (Å²) in [5.41, 5.74) is 1.77. The van der Waals surface area contributed by atoms with Crippen LogP contribution in [0.1, 0.15) is 43.2 Å². The maximum absolute atomic E-state index is 13.5. The summed E-state index contributed by atoms with van der Waals surface area (Å²) in [4.78, 5) is 0. The molecule has 1 saturated heterocycles. The van der Waals surface area contributed by atoms with Crippen LogP contribution in [-0.2, 0) is 17.9 Å². The second-order valence-corrected chi connectivity index (χ2v) is 7.13. The van der Waals surface area contributed by atoms with Gasteiger partial charge in [0, 0.05) is 36.1 Å². The zero-order valence-corrected chi connectivity index (χ0v) is 12.9. The number of rotatable bonds is 4. The van der Waals surface area contributed by atoms with Gasteiger partial charge >= 0.3 is 0 Å². The molecule has 120 valence electrons. The van der Waals surface area contributed by atoms with Gasteiger partial charge in [-0.3, -0.25) is 0 Å². The number of benzene rings is 1. The van der Waals surface area contributed by atoms with Gasteiger partial charge in [-0.2, -0.15) is 0 Å². The summed E-state index contributed by atoms with van der Waals surface area (Å²) < 4.78 is 19.5. The van der Waals surface area contributed by atoms with Crippen LogP contribution in [0.5, 0.6) is 0 Å². The van der Waals surface area contributed by atoms with Crippen molar-refractivity contribution in [3.63, 3.8) is 0 Å². The highest BCUT2D eigenvalue weighted by Gasteiger charge is 2.64. The van der Waals surface area contributed by atoms with E-state index in [-0.39, 0.29) is 12.4 Å². The van der Waals surface area contributed by atoms with E-state index in [1.54, 1.807) is 6.07 Å². The van der Waals surface area contributed by atoms with Crippen LogP contribution in [0, 0.1) is 17.2 Å². The lowest BCUT2D eigenvalue weighted by Crippen LogP contribution is -2.67. The first-order valence-electron chi connectivity index (χ1n) is 8.48. The molecule has 2 saturated carbocycles. The van der Waals surface area contributed by atoms with Crippen LogP contribution in [0.2, 0.25) is 0 Å². The molecular formula is C18H24FNO2. The van der Waals surface area contributed by atoms with Gasteiger partial charge in [0.25, 0.3) is 0 Å². The molecule has 2 aliphatic carbocycles. The predicted molar refractivity (Wildman–Crippen MR) is 81.7 cm³/mol. The van der Waals surface area contributed by atoms with Crippen LogP contribution in [0.25, 0.3) is 0 Å². The van der Waals surface area contributed by atoms with Crippen molar-refractivity contribution in [1.82, 2.24) is 5.32 Å². The van der Waals surface area contributed by atoms with E-state index in [1.165, 1.54) is 31.7 Å². The van der Waals surface area contributed by atoms with Gasteiger partial charge in [-0.15, -0.1) is 0 Å². The molecule has 1 spiro atoms. The topological polar surface area (TPSA) is 41.5 Å². The zero-order chi connectivity index (χ0) is 15.2. The van der Waals surface area contributed by atoms with E-state index in [1.807, 2.05) is 6.07 Å². The molecule has 1 aliphatic heterocycles. The summed E-state index contributed by atoms with van der Waals surface area (Å²) in [5.74, 6) is 0.322. The summed E-state index contributed by atoms with van der Waals surface area (Å²) in [6, 6.07) is 5.57.